The predicted molar refractivity (Wildman–Crippen MR) is 95.2 cm³/mol. The Labute approximate surface area is 149 Å². The molecule has 0 aliphatic heterocycles. The van der Waals surface area contributed by atoms with Gasteiger partial charge in [0.1, 0.15) is 17.4 Å². The van der Waals surface area contributed by atoms with Gasteiger partial charge in [-0.3, -0.25) is 5.32 Å². The summed E-state index contributed by atoms with van der Waals surface area (Å²) >= 11 is 0. The zero-order valence-corrected chi connectivity index (χ0v) is 16.1. The Hall–Kier alpha value is -2.08. The summed E-state index contributed by atoms with van der Waals surface area (Å²) in [4.78, 5) is 24.0. The van der Waals surface area contributed by atoms with E-state index in [2.05, 4.69) is 5.32 Å². The summed E-state index contributed by atoms with van der Waals surface area (Å²) in [5.41, 5.74) is -0.0134. The summed E-state index contributed by atoms with van der Waals surface area (Å²) in [7, 11) is 0. The number of benzene rings is 1. The van der Waals surface area contributed by atoms with E-state index in [0.717, 1.165) is 0 Å². The molecule has 0 fully saturated rings. The van der Waals surface area contributed by atoms with Crippen LogP contribution in [0, 0.1) is 0 Å². The van der Waals surface area contributed by atoms with Gasteiger partial charge in [-0.1, -0.05) is 18.2 Å². The number of amides is 1. The smallest absolute Gasteiger partial charge is 0.409 e. The van der Waals surface area contributed by atoms with Gasteiger partial charge in [0.25, 0.3) is 0 Å². The van der Waals surface area contributed by atoms with Crippen LogP contribution in [0.2, 0.25) is 0 Å². The lowest BCUT2D eigenvalue weighted by atomic mass is 10.1. The fourth-order valence-corrected chi connectivity index (χ4v) is 1.91. The summed E-state index contributed by atoms with van der Waals surface area (Å²) < 4.78 is 16.2. The molecule has 1 aromatic rings. The molecule has 1 atom stereocenters. The molecule has 0 saturated carbocycles. The second kappa shape index (κ2) is 8.34. The normalized spacial score (nSPS) is 13.1. The molecule has 25 heavy (non-hydrogen) atoms. The molecule has 6 nitrogen and oxygen atoms in total. The van der Waals surface area contributed by atoms with Gasteiger partial charge in [-0.05, 0) is 60.1 Å². The molecule has 1 amide bonds. The van der Waals surface area contributed by atoms with Crippen molar-refractivity contribution in [1.82, 2.24) is 5.32 Å². The van der Waals surface area contributed by atoms with Crippen molar-refractivity contribution >= 4 is 12.1 Å². The molecule has 0 aliphatic carbocycles. The molecule has 0 saturated heterocycles. The van der Waals surface area contributed by atoms with Crippen LogP contribution in [0.3, 0.4) is 0 Å². The molecule has 0 bridgehead atoms. The van der Waals surface area contributed by atoms with Gasteiger partial charge in [-0.15, -0.1) is 0 Å². The van der Waals surface area contributed by atoms with Crippen LogP contribution in [0.1, 0.15) is 64.4 Å². The quantitative estimate of drug-likeness (QED) is 0.640. The highest BCUT2D eigenvalue weighted by molar-refractivity contribution is 5.91. The highest BCUT2D eigenvalue weighted by atomic mass is 16.6. The van der Waals surface area contributed by atoms with E-state index < -0.39 is 29.5 Å². The van der Waals surface area contributed by atoms with E-state index in [1.54, 1.807) is 45.9 Å². The summed E-state index contributed by atoms with van der Waals surface area (Å²) in [6, 6.07) is 7.07. The molecule has 0 heterocycles. The van der Waals surface area contributed by atoms with Crippen LogP contribution in [0.4, 0.5) is 4.79 Å². The number of ether oxygens (including phenoxy) is 3. The first-order valence-electron chi connectivity index (χ1n) is 8.30. The lowest BCUT2D eigenvalue weighted by Gasteiger charge is -2.23. The van der Waals surface area contributed by atoms with Crippen molar-refractivity contribution in [2.75, 3.05) is 0 Å². The van der Waals surface area contributed by atoms with Gasteiger partial charge >= 0.3 is 12.1 Å². The topological polar surface area (TPSA) is 73.9 Å². The Morgan fingerprint density at radius 3 is 2.12 bits per heavy atom. The summed E-state index contributed by atoms with van der Waals surface area (Å²) in [6.07, 6.45) is -1.12. The van der Waals surface area contributed by atoms with Crippen LogP contribution in [0.15, 0.2) is 24.3 Å². The molecule has 6 heteroatoms. The van der Waals surface area contributed by atoms with Gasteiger partial charge in [0.2, 0.25) is 0 Å². The van der Waals surface area contributed by atoms with Gasteiger partial charge < -0.3 is 14.2 Å². The molecule has 1 unspecified atom stereocenters. The lowest BCUT2D eigenvalue weighted by Crippen LogP contribution is -2.39. The first kappa shape index (κ1) is 21.0. The number of hydrogen-bond acceptors (Lipinski definition) is 5. The molecule has 0 aromatic heterocycles. The zero-order valence-electron chi connectivity index (χ0n) is 16.1. The van der Waals surface area contributed by atoms with E-state index in [4.69, 9.17) is 14.2 Å². The Bertz CT molecular complexity index is 599. The van der Waals surface area contributed by atoms with E-state index in [1.807, 2.05) is 26.8 Å². The molecule has 1 rings (SSSR count). The molecule has 0 radical (unpaired) electrons. The lowest BCUT2D eigenvalue weighted by molar-refractivity contribution is 0.00118. The SMILES string of the molecule is CC(NC(=O)OC(C)(C)C)OCc1ccccc1C(=O)OC(C)(C)C. The third-order valence-corrected chi connectivity index (χ3v) is 2.84. The molecular formula is C19H29NO5. The minimum Gasteiger partial charge on any atom is -0.456 e. The van der Waals surface area contributed by atoms with Gasteiger partial charge in [0.05, 0.1) is 12.2 Å². The Morgan fingerprint density at radius 2 is 1.56 bits per heavy atom. The zero-order chi connectivity index (χ0) is 19.3. The molecule has 1 N–H and O–H groups in total. The van der Waals surface area contributed by atoms with Crippen molar-refractivity contribution in [3.63, 3.8) is 0 Å². The Balaban J connectivity index is 2.66. The van der Waals surface area contributed by atoms with Gasteiger partial charge in [0, 0.05) is 0 Å². The van der Waals surface area contributed by atoms with E-state index >= 15 is 0 Å². The van der Waals surface area contributed by atoms with Crippen molar-refractivity contribution in [3.8, 4) is 0 Å². The number of esters is 1. The fraction of sp³-hybridized carbons (Fsp3) is 0.579. The number of carbonyl (C=O) groups excluding carboxylic acids is 2. The molecule has 1 aromatic carbocycles. The van der Waals surface area contributed by atoms with E-state index in [1.165, 1.54) is 0 Å². The van der Waals surface area contributed by atoms with E-state index in [9.17, 15) is 9.59 Å². The third-order valence-electron chi connectivity index (χ3n) is 2.84. The number of rotatable bonds is 5. The maximum Gasteiger partial charge on any atom is 0.409 e. The Morgan fingerprint density at radius 1 is 1.00 bits per heavy atom. The predicted octanol–water partition coefficient (Wildman–Crippen LogP) is 4.03. The van der Waals surface area contributed by atoms with Crippen molar-refractivity contribution in [1.29, 1.82) is 0 Å². The van der Waals surface area contributed by atoms with Crippen LogP contribution in [0.25, 0.3) is 0 Å². The second-order valence-electron chi connectivity index (χ2n) is 7.76. The molecular weight excluding hydrogens is 322 g/mol. The highest BCUT2D eigenvalue weighted by Crippen LogP contribution is 2.17. The van der Waals surface area contributed by atoms with Crippen LogP contribution < -0.4 is 5.32 Å². The maximum atomic E-state index is 12.3. The van der Waals surface area contributed by atoms with E-state index in [-0.39, 0.29) is 6.61 Å². The van der Waals surface area contributed by atoms with Crippen molar-refractivity contribution in [2.45, 2.75) is 72.5 Å². The van der Waals surface area contributed by atoms with Crippen LogP contribution >= 0.6 is 0 Å². The number of nitrogens with one attached hydrogen (secondary N) is 1. The largest absolute Gasteiger partial charge is 0.456 e. The molecule has 0 aliphatic rings. The molecule has 140 valence electrons. The van der Waals surface area contributed by atoms with Gasteiger partial charge in [-0.2, -0.15) is 0 Å². The third kappa shape index (κ3) is 8.54. The first-order chi connectivity index (χ1) is 11.4. The summed E-state index contributed by atoms with van der Waals surface area (Å²) in [5, 5.41) is 2.59. The van der Waals surface area contributed by atoms with Gasteiger partial charge in [-0.25, -0.2) is 9.59 Å². The average Bonchev–Trinajstić information content (AvgIpc) is 2.41. The average molecular weight is 351 g/mol. The number of hydrogen-bond donors (Lipinski definition) is 1. The Kier molecular flexibility index (Phi) is 6.99. The van der Waals surface area contributed by atoms with Gasteiger partial charge in [0.15, 0.2) is 0 Å². The first-order valence-corrected chi connectivity index (χ1v) is 8.30. The fourth-order valence-electron chi connectivity index (χ4n) is 1.91. The maximum absolute atomic E-state index is 12.3. The van der Waals surface area contributed by atoms with E-state index in [0.29, 0.717) is 11.1 Å². The second-order valence-corrected chi connectivity index (χ2v) is 7.76. The van der Waals surface area contributed by atoms with Crippen LogP contribution in [-0.4, -0.2) is 29.5 Å². The standard InChI is InChI=1S/C19H29NO5/c1-13(20-17(22)25-19(5,6)7)23-12-14-10-8-9-11-15(14)16(21)24-18(2,3)4/h8-11,13H,12H2,1-7H3,(H,20,22). The minimum absolute atomic E-state index is 0.159. The van der Waals surface area contributed by atoms with Crippen molar-refractivity contribution in [3.05, 3.63) is 35.4 Å². The van der Waals surface area contributed by atoms with Crippen molar-refractivity contribution in [2.24, 2.45) is 0 Å². The number of carbonyl (C=O) groups is 2. The van der Waals surface area contributed by atoms with Crippen LogP contribution in [0.5, 0.6) is 0 Å². The van der Waals surface area contributed by atoms with Crippen molar-refractivity contribution < 1.29 is 23.8 Å². The summed E-state index contributed by atoms with van der Waals surface area (Å²) in [6.45, 7) is 12.7. The highest BCUT2D eigenvalue weighted by Gasteiger charge is 2.21. The number of alkyl carbamates (subject to hydrolysis) is 1. The summed E-state index contributed by atoms with van der Waals surface area (Å²) in [5.74, 6) is -0.403. The minimum atomic E-state index is -0.576. The van der Waals surface area contributed by atoms with Crippen LogP contribution in [-0.2, 0) is 20.8 Å². The molecule has 0 spiro atoms. The monoisotopic (exact) mass is 351 g/mol.